The van der Waals surface area contributed by atoms with Gasteiger partial charge in [0.05, 0.1) is 0 Å². The van der Waals surface area contributed by atoms with Crippen LogP contribution in [0.4, 0.5) is 0 Å². The van der Waals surface area contributed by atoms with E-state index in [2.05, 4.69) is 93.5 Å². The van der Waals surface area contributed by atoms with Gasteiger partial charge in [-0.15, -0.1) is 0 Å². The zero-order chi connectivity index (χ0) is 65.9. The van der Waals surface area contributed by atoms with Crippen molar-refractivity contribution in [2.75, 3.05) is 0 Å². The zero-order valence-corrected chi connectivity index (χ0v) is 64.3. The van der Waals surface area contributed by atoms with Crippen molar-refractivity contribution in [1.29, 1.82) is 0 Å². The van der Waals surface area contributed by atoms with Gasteiger partial charge in [-0.1, -0.05) is 210 Å². The summed E-state index contributed by atoms with van der Waals surface area (Å²) >= 11 is 2.04. The number of allylic oxidation sites excluding steroid dienone is 2. The Morgan fingerprint density at radius 3 is 0.692 bits per heavy atom. The minimum atomic E-state index is 1.03. The first kappa shape index (κ1) is 85.1. The van der Waals surface area contributed by atoms with Crippen LogP contribution in [0.5, 0.6) is 0 Å². The Morgan fingerprint density at radius 1 is 0.231 bits per heavy atom. The van der Waals surface area contributed by atoms with Gasteiger partial charge in [-0.25, -0.2) is 4.70 Å². The molecule has 0 atom stereocenters. The van der Waals surface area contributed by atoms with Crippen LogP contribution >= 0.6 is 0 Å². The summed E-state index contributed by atoms with van der Waals surface area (Å²) in [5, 5.41) is 2.87. The van der Waals surface area contributed by atoms with Crippen LogP contribution in [0.1, 0.15) is 460 Å². The van der Waals surface area contributed by atoms with Crippen LogP contribution in [0.15, 0.2) is 35.4 Å². The van der Waals surface area contributed by atoms with Gasteiger partial charge in [-0.2, -0.15) is 0 Å². The van der Waals surface area contributed by atoms with E-state index in [1.54, 1.807) is 38.1 Å². The average Bonchev–Trinajstić information content (AvgIpc) is 1.65. The molecular formula is C88H158N2Ni. The molecule has 3 heteroatoms. The minimum absolute atomic E-state index is 1.03. The molecule has 0 amide bonds. The van der Waals surface area contributed by atoms with Gasteiger partial charge in [-0.3, -0.25) is 0 Å². The van der Waals surface area contributed by atoms with Crippen LogP contribution in [0.2, 0.25) is 10.8 Å². The summed E-state index contributed by atoms with van der Waals surface area (Å²) in [6.45, 7) is 23.3. The molecule has 3 rings (SSSR count). The first-order chi connectivity index (χ1) is 44.8. The fourth-order valence-corrected chi connectivity index (χ4v) is 15.6. The maximum atomic E-state index is 13.0. The summed E-state index contributed by atoms with van der Waals surface area (Å²) in [6, 6.07) is 10.2. The molecule has 91 heavy (non-hydrogen) atoms. The molecule has 1 aliphatic rings. The molecule has 2 nitrogen and oxygen atoms in total. The predicted molar refractivity (Wildman–Crippen MR) is 408 cm³/mol. The van der Waals surface area contributed by atoms with Crippen molar-refractivity contribution in [3.8, 4) is 0 Å². The predicted octanol–water partition coefficient (Wildman–Crippen LogP) is 31.3. The molecule has 0 radical (unpaired) electrons. The summed E-state index contributed by atoms with van der Waals surface area (Å²) in [5.74, 6) is 0. The topological polar surface area (TPSA) is 25.3 Å². The van der Waals surface area contributed by atoms with E-state index in [0.29, 0.717) is 0 Å². The first-order valence-corrected chi connectivity index (χ1v) is 43.0. The number of benzene rings is 2. The monoisotopic (exact) mass is 1300 g/mol. The standard InChI is InChI=1S/C58H96N2.2C15H31.Ni/c1-9-17-25-28-30-33-40-53-47(35-20-12-4)43-51(44-48(53)36-21-13-5)57-55(39-24-16-8)56(42-32-27-19-11-3)58(60(57)59)52-45-49(37-22-14-6)54(50(46-52)38-23-15-7)41-34-31-29-26-18-10-2;2*1-3-5-7-9-11-13-15-14-12-10-8-6-4-2;/h43-46H,9-42H2,1-8H3;2*1,3-15H2,2H3;. The summed E-state index contributed by atoms with van der Waals surface area (Å²) < 4.78 is 1.74. The first-order valence-electron chi connectivity index (χ1n) is 41.6. The summed E-state index contributed by atoms with van der Waals surface area (Å²) in [4.78, 5) is 0. The molecule has 0 aliphatic carbocycles. The molecule has 1 heterocycles. The average molecular weight is 1300 g/mol. The molecule has 0 unspecified atom stereocenters. The second-order valence-corrected chi connectivity index (χ2v) is 30.3. The molecule has 2 aromatic carbocycles. The Morgan fingerprint density at radius 2 is 0.429 bits per heavy atom. The molecule has 0 N–H and O–H groups in total. The SMILES string of the molecule is CCCCCCCCCCCCCC[CH2][Ni][CH2]CCCCCCCCCCCCCC.CCCCCCCCc1c(CCCC)cc(C2=C(CCCC)C(CCCCCC)=C(c3cc(CCCC)c(CCCCCCCC)c(CCCC)c3)[N+]2=[N-])cc1CCCC. The smallest absolute Gasteiger partial charge is 0.493 e. The molecule has 0 fully saturated rings. The van der Waals surface area contributed by atoms with Crippen LogP contribution in [-0.2, 0) is 53.0 Å². The van der Waals surface area contributed by atoms with Gasteiger partial charge in [0.2, 0.25) is 11.4 Å². The van der Waals surface area contributed by atoms with Gasteiger partial charge in [0.15, 0.2) is 0 Å². The summed E-state index contributed by atoms with van der Waals surface area (Å²) in [5.41, 5.74) is 30.2. The number of nitrogens with zero attached hydrogens (tertiary/aromatic N) is 2. The Kier molecular flexibility index (Phi) is 57.6. The third-order valence-electron chi connectivity index (χ3n) is 20.3. The molecule has 0 saturated heterocycles. The van der Waals surface area contributed by atoms with E-state index in [9.17, 15) is 5.53 Å². The van der Waals surface area contributed by atoms with E-state index in [1.165, 1.54) is 367 Å². The molecule has 0 spiro atoms. The molecule has 2 aromatic rings. The summed E-state index contributed by atoms with van der Waals surface area (Å²) in [6.07, 6.45) is 80.4. The van der Waals surface area contributed by atoms with Gasteiger partial charge in [0, 0.05) is 22.3 Å². The van der Waals surface area contributed by atoms with E-state index in [1.807, 2.05) is 14.4 Å². The van der Waals surface area contributed by atoms with Gasteiger partial charge in [0.25, 0.3) is 0 Å². The van der Waals surface area contributed by atoms with Crippen LogP contribution in [-0.4, -0.2) is 4.70 Å². The normalized spacial score (nSPS) is 12.6. The van der Waals surface area contributed by atoms with Gasteiger partial charge < -0.3 is 5.53 Å². The van der Waals surface area contributed by atoms with Crippen molar-refractivity contribution >= 4 is 11.4 Å². The fraction of sp³-hybridized carbons (Fsp3) is 0.818. The van der Waals surface area contributed by atoms with Gasteiger partial charge >= 0.3 is 166 Å². The minimum Gasteiger partial charge on any atom is -0.493 e. The van der Waals surface area contributed by atoms with Crippen LogP contribution in [0, 0.1) is 0 Å². The third-order valence-corrected chi connectivity index (χ3v) is 21.6. The van der Waals surface area contributed by atoms with Crippen molar-refractivity contribution in [1.82, 2.24) is 0 Å². The fourth-order valence-electron chi connectivity index (χ4n) is 14.3. The van der Waals surface area contributed by atoms with Crippen molar-refractivity contribution in [2.24, 2.45) is 0 Å². The molecule has 0 saturated carbocycles. The summed E-state index contributed by atoms with van der Waals surface area (Å²) in [7, 11) is 0. The van der Waals surface area contributed by atoms with Crippen molar-refractivity contribution in [3.63, 3.8) is 0 Å². The quantitative estimate of drug-likeness (QED) is 0.0358. The maximum absolute atomic E-state index is 13.0. The molecule has 0 aromatic heterocycles. The molecule has 1 aliphatic heterocycles. The van der Waals surface area contributed by atoms with E-state index >= 15 is 0 Å². The van der Waals surface area contributed by atoms with Crippen molar-refractivity contribution in [2.45, 2.75) is 465 Å². The van der Waals surface area contributed by atoms with E-state index in [0.717, 1.165) is 62.8 Å². The molecule has 530 valence electrons. The van der Waals surface area contributed by atoms with Gasteiger partial charge in [-0.05, 0) is 160 Å². The van der Waals surface area contributed by atoms with Crippen molar-refractivity contribution < 1.29 is 19.1 Å². The number of aryl methyl sites for hydroxylation is 4. The van der Waals surface area contributed by atoms with E-state index in [-0.39, 0.29) is 0 Å². The molecular weight excluding hydrogens is 1140 g/mol. The number of rotatable bonds is 64. The van der Waals surface area contributed by atoms with Crippen LogP contribution in [0.25, 0.3) is 16.9 Å². The van der Waals surface area contributed by atoms with Gasteiger partial charge in [0.1, 0.15) is 0 Å². The second-order valence-electron chi connectivity index (χ2n) is 28.8. The van der Waals surface area contributed by atoms with Crippen LogP contribution in [0.3, 0.4) is 0 Å². The van der Waals surface area contributed by atoms with Crippen molar-refractivity contribution in [3.05, 3.63) is 85.5 Å². The zero-order valence-electron chi connectivity index (χ0n) is 63.4. The number of unbranched alkanes of at least 4 members (excludes halogenated alkanes) is 42. The third kappa shape index (κ3) is 39.7. The van der Waals surface area contributed by atoms with E-state index < -0.39 is 0 Å². The Bertz CT molecular complexity index is 1980. The Balaban J connectivity index is 0.000000767. The van der Waals surface area contributed by atoms with Crippen LogP contribution < -0.4 is 0 Å². The number of hydrogen-bond donors (Lipinski definition) is 0. The number of hydrogen-bond acceptors (Lipinski definition) is 0. The molecule has 0 bridgehead atoms. The Hall–Kier alpha value is -1.99. The Labute approximate surface area is 577 Å². The second kappa shape index (κ2) is 61.6. The van der Waals surface area contributed by atoms with E-state index in [4.69, 9.17) is 0 Å².